The molecule has 0 spiro atoms. The van der Waals surface area contributed by atoms with Crippen LogP contribution in [-0.4, -0.2) is 4.43 Å². The lowest BCUT2D eigenvalue weighted by atomic mass is 10.1. The van der Waals surface area contributed by atoms with Crippen LogP contribution in [0.15, 0.2) is 0 Å². The summed E-state index contributed by atoms with van der Waals surface area (Å²) in [6.07, 6.45) is 2.72. The molecule has 1 heteroatoms. The van der Waals surface area contributed by atoms with Gasteiger partial charge in [-0.15, -0.1) is 0 Å². The lowest BCUT2D eigenvalue weighted by Gasteiger charge is -2.01. The van der Waals surface area contributed by atoms with E-state index in [2.05, 4.69) is 36.4 Å². The van der Waals surface area contributed by atoms with Gasteiger partial charge in [-0.05, 0) is 16.8 Å². The molecule has 0 aromatic carbocycles. The van der Waals surface area contributed by atoms with Crippen LogP contribution in [0.3, 0.4) is 0 Å². The van der Waals surface area contributed by atoms with Crippen molar-refractivity contribution in [1.29, 1.82) is 0 Å². The van der Waals surface area contributed by atoms with Gasteiger partial charge in [0.25, 0.3) is 0 Å². The lowest BCUT2D eigenvalue weighted by Crippen LogP contribution is -1.90. The van der Waals surface area contributed by atoms with Crippen LogP contribution in [-0.2, 0) is 0 Å². The maximum atomic E-state index is 2.43. The minimum Gasteiger partial charge on any atom is -0.0864 e. The number of hydrogen-bond donors (Lipinski definition) is 0. The summed E-state index contributed by atoms with van der Waals surface area (Å²) in [4.78, 5) is 0. The molecule has 0 aromatic heterocycles. The molecule has 0 saturated heterocycles. The zero-order valence-electron chi connectivity index (χ0n) is 5.08. The van der Waals surface area contributed by atoms with Crippen LogP contribution in [0, 0.1) is 5.92 Å². The highest BCUT2D eigenvalue weighted by Crippen LogP contribution is 2.07. The van der Waals surface area contributed by atoms with Gasteiger partial charge in [0, 0.05) is 0 Å². The van der Waals surface area contributed by atoms with E-state index >= 15 is 0 Å². The molecule has 0 N–H and O–H groups in total. The third-order valence-electron chi connectivity index (χ3n) is 1.30. The molecule has 0 nitrogen and oxygen atoms in total. The van der Waals surface area contributed by atoms with Crippen LogP contribution in [0.25, 0.3) is 0 Å². The summed E-state index contributed by atoms with van der Waals surface area (Å²) in [5.74, 6) is 0.942. The Kier molecular flexibility index (Phi) is 5.39. The smallest absolute Gasteiger partial charge is 0.000219 e. The van der Waals surface area contributed by atoms with Gasteiger partial charge in [-0.2, -0.15) is 0 Å². The second-order valence-electron chi connectivity index (χ2n) is 1.99. The van der Waals surface area contributed by atoms with E-state index in [1.165, 1.54) is 17.3 Å². The maximum absolute atomic E-state index is 2.43. The molecule has 0 unspecified atom stereocenters. The van der Waals surface area contributed by atoms with Gasteiger partial charge in [0.1, 0.15) is 0 Å². The summed E-state index contributed by atoms with van der Waals surface area (Å²) in [7, 11) is 0. The van der Waals surface area contributed by atoms with Crippen molar-refractivity contribution in [1.82, 2.24) is 0 Å². The summed E-state index contributed by atoms with van der Waals surface area (Å²) in [6, 6.07) is 0. The van der Waals surface area contributed by atoms with Gasteiger partial charge in [0.2, 0.25) is 0 Å². The average Bonchev–Trinajstić information content (AvgIpc) is 1.68. The molecule has 7 heavy (non-hydrogen) atoms. The molecule has 0 aliphatic carbocycles. The first-order valence-electron chi connectivity index (χ1n) is 2.87. The summed E-state index contributed by atoms with van der Waals surface area (Å²) < 4.78 is 1.31. The predicted octanol–water partition coefficient (Wildman–Crippen LogP) is 2.86. The van der Waals surface area contributed by atoms with Crippen LogP contribution in [0.5, 0.6) is 0 Å². The summed E-state index contributed by atoms with van der Waals surface area (Å²) in [5.41, 5.74) is 0. The van der Waals surface area contributed by atoms with Gasteiger partial charge < -0.3 is 0 Å². The van der Waals surface area contributed by atoms with Crippen molar-refractivity contribution in [2.45, 2.75) is 26.7 Å². The molecule has 0 fully saturated rings. The first kappa shape index (κ1) is 7.73. The fourth-order valence-corrected chi connectivity index (χ4v) is 1.45. The van der Waals surface area contributed by atoms with Crippen molar-refractivity contribution >= 4 is 22.6 Å². The van der Waals surface area contributed by atoms with Crippen molar-refractivity contribution < 1.29 is 0 Å². The topological polar surface area (TPSA) is 0 Å². The van der Waals surface area contributed by atoms with Crippen LogP contribution >= 0.6 is 22.6 Å². The van der Waals surface area contributed by atoms with E-state index < -0.39 is 0 Å². The Hall–Kier alpha value is 0.730. The van der Waals surface area contributed by atoms with Crippen molar-refractivity contribution in [3.63, 3.8) is 0 Å². The van der Waals surface area contributed by atoms with Gasteiger partial charge in [0.05, 0.1) is 0 Å². The first-order valence-corrected chi connectivity index (χ1v) is 4.39. The Morgan fingerprint density at radius 3 is 2.29 bits per heavy atom. The van der Waals surface area contributed by atoms with Crippen molar-refractivity contribution in [2.24, 2.45) is 5.92 Å². The second-order valence-corrected chi connectivity index (χ2v) is 3.07. The highest BCUT2D eigenvalue weighted by Gasteiger charge is 1.93. The second kappa shape index (κ2) is 4.88. The molecule has 0 heterocycles. The molecule has 0 radical (unpaired) electrons. The van der Waals surface area contributed by atoms with Gasteiger partial charge in [-0.25, -0.2) is 0 Å². The lowest BCUT2D eigenvalue weighted by molar-refractivity contribution is 0.552. The van der Waals surface area contributed by atoms with Crippen molar-refractivity contribution in [3.8, 4) is 0 Å². The summed E-state index contributed by atoms with van der Waals surface area (Å²) in [5, 5.41) is 0. The molecule has 0 aliphatic rings. The minimum atomic E-state index is 0.942. The molecule has 0 saturated carbocycles. The minimum absolute atomic E-state index is 0.942. The zero-order valence-corrected chi connectivity index (χ0v) is 7.23. The standard InChI is InChI=1S/C6H13I/c1-3-6(2)4-5-7/h6H,3-5H2,1-2H3/t6-/m1/s1. The highest BCUT2D eigenvalue weighted by atomic mass is 127. The van der Waals surface area contributed by atoms with Gasteiger partial charge >= 0.3 is 0 Å². The summed E-state index contributed by atoms with van der Waals surface area (Å²) >= 11 is 2.43. The van der Waals surface area contributed by atoms with E-state index in [-0.39, 0.29) is 0 Å². The van der Waals surface area contributed by atoms with E-state index in [4.69, 9.17) is 0 Å². The first-order chi connectivity index (χ1) is 3.31. The number of halogens is 1. The largest absolute Gasteiger partial charge is 0.0864 e. The predicted molar refractivity (Wildman–Crippen MR) is 43.0 cm³/mol. The van der Waals surface area contributed by atoms with Gasteiger partial charge in [0.15, 0.2) is 0 Å². The SMILES string of the molecule is CC[C@@H](C)CCI. The number of rotatable bonds is 3. The van der Waals surface area contributed by atoms with Crippen molar-refractivity contribution in [3.05, 3.63) is 0 Å². The Balaban J connectivity index is 2.83. The monoisotopic (exact) mass is 212 g/mol. The molecule has 0 aromatic rings. The van der Waals surface area contributed by atoms with E-state index in [1.54, 1.807) is 0 Å². The van der Waals surface area contributed by atoms with Gasteiger partial charge in [-0.3, -0.25) is 0 Å². The van der Waals surface area contributed by atoms with E-state index in [9.17, 15) is 0 Å². The third kappa shape index (κ3) is 4.59. The third-order valence-corrected chi connectivity index (χ3v) is 1.92. The highest BCUT2D eigenvalue weighted by molar-refractivity contribution is 14.1. The summed E-state index contributed by atoms with van der Waals surface area (Å²) in [6.45, 7) is 4.55. The molecule has 0 amide bonds. The molecule has 0 aliphatic heterocycles. The Morgan fingerprint density at radius 2 is 2.14 bits per heavy atom. The average molecular weight is 212 g/mol. The molecular formula is C6H13I. The van der Waals surface area contributed by atoms with E-state index in [0.29, 0.717) is 0 Å². The molecular weight excluding hydrogens is 199 g/mol. The quantitative estimate of drug-likeness (QED) is 0.498. The fourth-order valence-electron chi connectivity index (χ4n) is 0.390. The molecule has 44 valence electrons. The van der Waals surface area contributed by atoms with Crippen molar-refractivity contribution in [2.75, 3.05) is 4.43 Å². The van der Waals surface area contributed by atoms with E-state index in [1.807, 2.05) is 0 Å². The van der Waals surface area contributed by atoms with Crippen LogP contribution in [0.4, 0.5) is 0 Å². The Morgan fingerprint density at radius 1 is 1.57 bits per heavy atom. The maximum Gasteiger partial charge on any atom is -0.000219 e. The normalized spacial score (nSPS) is 14.1. The molecule has 0 bridgehead atoms. The molecule has 0 rings (SSSR count). The number of hydrogen-bond acceptors (Lipinski definition) is 0. The zero-order chi connectivity index (χ0) is 5.70. The van der Waals surface area contributed by atoms with Crippen LogP contribution < -0.4 is 0 Å². The van der Waals surface area contributed by atoms with Crippen LogP contribution in [0.2, 0.25) is 0 Å². The Labute approximate surface area is 59.8 Å². The molecule has 1 atom stereocenters. The van der Waals surface area contributed by atoms with Crippen LogP contribution in [0.1, 0.15) is 26.7 Å². The fraction of sp³-hybridized carbons (Fsp3) is 1.00. The Bertz CT molecular complexity index is 35.2. The van der Waals surface area contributed by atoms with E-state index in [0.717, 1.165) is 5.92 Å². The van der Waals surface area contributed by atoms with Gasteiger partial charge in [-0.1, -0.05) is 42.9 Å². The number of alkyl halides is 1.